The monoisotopic (exact) mass is 414 g/mol. The Balaban J connectivity index is 1.70. The molecule has 29 heavy (non-hydrogen) atoms. The van der Waals surface area contributed by atoms with E-state index in [2.05, 4.69) is 5.32 Å². The summed E-state index contributed by atoms with van der Waals surface area (Å²) in [6.45, 7) is 5.93. The topological polar surface area (TPSA) is 79.6 Å². The molecule has 7 heteroatoms. The van der Waals surface area contributed by atoms with Crippen LogP contribution in [0, 0.1) is 13.8 Å². The van der Waals surface area contributed by atoms with Gasteiger partial charge in [-0.1, -0.05) is 12.1 Å². The minimum absolute atomic E-state index is 0.122. The zero-order valence-corrected chi connectivity index (χ0v) is 18.1. The first kappa shape index (κ1) is 21.1. The lowest BCUT2D eigenvalue weighted by atomic mass is 10.0. The first-order valence-corrected chi connectivity index (χ1v) is 10.8. The molecule has 0 aliphatic heterocycles. The average molecular weight is 415 g/mol. The minimum Gasteiger partial charge on any atom is -0.464 e. The molecule has 1 aromatic heterocycles. The summed E-state index contributed by atoms with van der Waals surface area (Å²) in [7, 11) is -0.480. The number of carbonyl (C=O) groups excluding carboxylic acids is 1. The maximum Gasteiger partial charge on any atom is 0.242 e. The van der Waals surface area contributed by atoms with Gasteiger partial charge in [0.25, 0.3) is 0 Å². The van der Waals surface area contributed by atoms with E-state index in [1.807, 2.05) is 32.9 Å². The molecule has 0 saturated carbocycles. The van der Waals surface area contributed by atoms with E-state index in [4.69, 9.17) is 4.42 Å². The molecule has 6 nitrogen and oxygen atoms in total. The largest absolute Gasteiger partial charge is 0.464 e. The van der Waals surface area contributed by atoms with Crippen molar-refractivity contribution in [2.45, 2.75) is 38.1 Å². The van der Waals surface area contributed by atoms with Gasteiger partial charge < -0.3 is 9.73 Å². The molecule has 0 aliphatic carbocycles. The van der Waals surface area contributed by atoms with Crippen molar-refractivity contribution in [1.82, 2.24) is 9.62 Å². The molecule has 1 amide bonds. The van der Waals surface area contributed by atoms with Gasteiger partial charge in [0.15, 0.2) is 0 Å². The number of hydrogen-bond donors (Lipinski definition) is 1. The smallest absolute Gasteiger partial charge is 0.242 e. The first-order valence-electron chi connectivity index (χ1n) is 9.38. The van der Waals surface area contributed by atoms with E-state index in [1.165, 1.54) is 18.4 Å². The molecule has 0 fully saturated rings. The van der Waals surface area contributed by atoms with Gasteiger partial charge in [0.1, 0.15) is 5.58 Å². The molecule has 1 atom stereocenters. The van der Waals surface area contributed by atoms with Gasteiger partial charge in [0.05, 0.1) is 23.6 Å². The summed E-state index contributed by atoms with van der Waals surface area (Å²) in [5, 5.41) is 3.92. The molecule has 1 heterocycles. The molecule has 0 radical (unpaired) electrons. The molecule has 2 aromatic carbocycles. The lowest BCUT2D eigenvalue weighted by Crippen LogP contribution is -2.28. The molecule has 0 spiro atoms. The fourth-order valence-corrected chi connectivity index (χ4v) is 4.06. The molecule has 0 aliphatic rings. The van der Waals surface area contributed by atoms with E-state index in [0.29, 0.717) is 0 Å². The van der Waals surface area contributed by atoms with E-state index in [1.54, 1.807) is 30.5 Å². The van der Waals surface area contributed by atoms with Crippen LogP contribution in [0.2, 0.25) is 0 Å². The van der Waals surface area contributed by atoms with Crippen LogP contribution >= 0.6 is 0 Å². The van der Waals surface area contributed by atoms with Gasteiger partial charge in [0, 0.05) is 25.0 Å². The van der Waals surface area contributed by atoms with Crippen molar-refractivity contribution in [2.75, 3.05) is 14.1 Å². The van der Waals surface area contributed by atoms with Gasteiger partial charge >= 0.3 is 0 Å². The van der Waals surface area contributed by atoms with Crippen LogP contribution in [-0.4, -0.2) is 32.7 Å². The Morgan fingerprint density at radius 3 is 2.34 bits per heavy atom. The third-order valence-electron chi connectivity index (χ3n) is 5.16. The summed E-state index contributed by atoms with van der Waals surface area (Å²) in [6, 6.07) is 10.3. The summed E-state index contributed by atoms with van der Waals surface area (Å²) in [4.78, 5) is 12.8. The van der Waals surface area contributed by atoms with Gasteiger partial charge in [0.2, 0.25) is 15.9 Å². The lowest BCUT2D eigenvalue weighted by Gasteiger charge is -2.16. The van der Waals surface area contributed by atoms with Crippen molar-refractivity contribution in [3.8, 4) is 0 Å². The summed E-state index contributed by atoms with van der Waals surface area (Å²) >= 11 is 0. The van der Waals surface area contributed by atoms with Gasteiger partial charge in [-0.15, -0.1) is 0 Å². The van der Waals surface area contributed by atoms with E-state index in [0.717, 1.165) is 33.2 Å². The van der Waals surface area contributed by atoms with Crippen molar-refractivity contribution in [2.24, 2.45) is 0 Å². The standard InChI is InChI=1S/C22H26N2O4S/c1-14-10-20-18(13-28-21(20)11-15(14)2)12-22(25)23-16(3)17-6-8-19(9-7-17)29(26,27)24(4)5/h6-11,13,16H,12H2,1-5H3,(H,23,25). The second-order valence-corrected chi connectivity index (χ2v) is 9.67. The number of nitrogens with zero attached hydrogens (tertiary/aromatic N) is 1. The number of hydrogen-bond acceptors (Lipinski definition) is 4. The van der Waals surface area contributed by atoms with Crippen molar-refractivity contribution in [3.05, 3.63) is 64.9 Å². The third-order valence-corrected chi connectivity index (χ3v) is 6.99. The lowest BCUT2D eigenvalue weighted by molar-refractivity contribution is -0.121. The van der Waals surface area contributed by atoms with Crippen LogP contribution in [0.1, 0.15) is 35.2 Å². The van der Waals surface area contributed by atoms with Crippen LogP contribution in [0.25, 0.3) is 11.0 Å². The number of amides is 1. The van der Waals surface area contributed by atoms with Crippen LogP contribution in [0.3, 0.4) is 0 Å². The van der Waals surface area contributed by atoms with Crippen LogP contribution in [-0.2, 0) is 21.2 Å². The Bertz CT molecular complexity index is 1150. The second kappa shape index (κ2) is 8.00. The Hall–Kier alpha value is -2.64. The highest BCUT2D eigenvalue weighted by Gasteiger charge is 2.18. The minimum atomic E-state index is -3.47. The summed E-state index contributed by atoms with van der Waals surface area (Å²) in [5.74, 6) is -0.122. The molecule has 0 bridgehead atoms. The van der Waals surface area contributed by atoms with Gasteiger partial charge in [-0.3, -0.25) is 4.79 Å². The highest BCUT2D eigenvalue weighted by atomic mass is 32.2. The fraction of sp³-hybridized carbons (Fsp3) is 0.318. The predicted molar refractivity (Wildman–Crippen MR) is 113 cm³/mol. The Morgan fingerprint density at radius 1 is 1.10 bits per heavy atom. The number of fused-ring (bicyclic) bond motifs is 1. The van der Waals surface area contributed by atoms with E-state index >= 15 is 0 Å². The highest BCUT2D eigenvalue weighted by Crippen LogP contribution is 2.25. The zero-order chi connectivity index (χ0) is 21.3. The number of nitrogens with one attached hydrogen (secondary N) is 1. The van der Waals surface area contributed by atoms with Crippen LogP contribution < -0.4 is 5.32 Å². The molecule has 154 valence electrons. The van der Waals surface area contributed by atoms with Crippen LogP contribution in [0.5, 0.6) is 0 Å². The molecular weight excluding hydrogens is 388 g/mol. The Labute approximate surface area is 171 Å². The summed E-state index contributed by atoms with van der Waals surface area (Å²) in [6.07, 6.45) is 1.85. The molecule has 0 saturated heterocycles. The zero-order valence-electron chi connectivity index (χ0n) is 17.3. The molecule has 3 aromatic rings. The average Bonchev–Trinajstić information content (AvgIpc) is 3.03. The third kappa shape index (κ3) is 4.36. The van der Waals surface area contributed by atoms with E-state index < -0.39 is 10.0 Å². The van der Waals surface area contributed by atoms with Crippen molar-refractivity contribution in [3.63, 3.8) is 0 Å². The van der Waals surface area contributed by atoms with Gasteiger partial charge in [-0.05, 0) is 61.7 Å². The summed E-state index contributed by atoms with van der Waals surface area (Å²) < 4.78 is 31.1. The number of furan rings is 1. The van der Waals surface area contributed by atoms with Gasteiger partial charge in [-0.25, -0.2) is 12.7 Å². The Kier molecular flexibility index (Phi) is 5.82. The number of rotatable bonds is 6. The molecule has 3 rings (SSSR count). The van der Waals surface area contributed by atoms with Crippen molar-refractivity contribution in [1.29, 1.82) is 0 Å². The predicted octanol–water partition coefficient (Wildman–Crippen LogP) is 3.72. The van der Waals surface area contributed by atoms with Crippen LogP contribution in [0.15, 0.2) is 52.0 Å². The van der Waals surface area contributed by atoms with Crippen molar-refractivity contribution < 1.29 is 17.6 Å². The molecule has 1 N–H and O–H groups in total. The van der Waals surface area contributed by atoms with Crippen LogP contribution in [0.4, 0.5) is 0 Å². The maximum absolute atomic E-state index is 12.5. The van der Waals surface area contributed by atoms with E-state index in [9.17, 15) is 13.2 Å². The van der Waals surface area contributed by atoms with Gasteiger partial charge in [-0.2, -0.15) is 0 Å². The molecule has 1 unspecified atom stereocenters. The maximum atomic E-state index is 12.5. The number of aryl methyl sites for hydroxylation is 2. The quantitative estimate of drug-likeness (QED) is 0.667. The number of benzene rings is 2. The number of carbonyl (C=O) groups is 1. The number of sulfonamides is 1. The SMILES string of the molecule is Cc1cc2occ(CC(=O)NC(C)c3ccc(S(=O)(=O)N(C)C)cc3)c2cc1C. The Morgan fingerprint density at radius 2 is 1.72 bits per heavy atom. The highest BCUT2D eigenvalue weighted by molar-refractivity contribution is 7.89. The molecular formula is C22H26N2O4S. The second-order valence-electron chi connectivity index (χ2n) is 7.52. The van der Waals surface area contributed by atoms with E-state index in [-0.39, 0.29) is 23.3 Å². The fourth-order valence-electron chi connectivity index (χ4n) is 3.16. The first-order chi connectivity index (χ1) is 13.6. The normalized spacial score (nSPS) is 13.0. The van der Waals surface area contributed by atoms with Crippen molar-refractivity contribution >= 4 is 26.9 Å². The summed E-state index contributed by atoms with van der Waals surface area (Å²) in [5.41, 5.74) is 4.76.